The molecular weight excluding hydrogens is 370 g/mol. The number of nitro benzene ring substituents is 1. The van der Waals surface area contributed by atoms with Gasteiger partial charge in [0.05, 0.1) is 11.5 Å². The highest BCUT2D eigenvalue weighted by atomic mass is 28.4. The third-order valence-corrected chi connectivity index (χ3v) is 9.29. The van der Waals surface area contributed by atoms with Crippen molar-refractivity contribution >= 4 is 14.0 Å². The molecule has 0 aliphatic heterocycles. The Morgan fingerprint density at radius 1 is 1.26 bits per heavy atom. The van der Waals surface area contributed by atoms with Gasteiger partial charge in [0.2, 0.25) is 0 Å². The normalized spacial score (nSPS) is 12.2. The van der Waals surface area contributed by atoms with E-state index in [0.29, 0.717) is 12.4 Å². The van der Waals surface area contributed by atoms with Gasteiger partial charge in [-0.25, -0.2) is 9.48 Å². The first-order valence-corrected chi connectivity index (χ1v) is 11.4. The SMILES string of the molecule is Cn1c(=O)nnn1-c1cc([N+](=O)[O-])ccc1OCCO[Si](C)(C)C(C)(C)C. The molecule has 1 heterocycles. The first-order valence-electron chi connectivity index (χ1n) is 8.48. The summed E-state index contributed by atoms with van der Waals surface area (Å²) in [5.74, 6) is 0.347. The summed E-state index contributed by atoms with van der Waals surface area (Å²) in [7, 11) is -0.429. The van der Waals surface area contributed by atoms with E-state index in [1.807, 2.05) is 0 Å². The van der Waals surface area contributed by atoms with Crippen LogP contribution in [0.2, 0.25) is 18.1 Å². The number of nitrogens with zero attached hydrogens (tertiary/aromatic N) is 5. The van der Waals surface area contributed by atoms with Crippen LogP contribution < -0.4 is 10.4 Å². The maximum absolute atomic E-state index is 11.6. The van der Waals surface area contributed by atoms with Gasteiger partial charge in [0.25, 0.3) is 5.69 Å². The largest absolute Gasteiger partial charge is 0.489 e. The van der Waals surface area contributed by atoms with Crippen LogP contribution in [0.5, 0.6) is 5.75 Å². The van der Waals surface area contributed by atoms with Gasteiger partial charge in [-0.05, 0) is 29.4 Å². The molecule has 0 radical (unpaired) electrons. The Labute approximate surface area is 158 Å². The van der Waals surface area contributed by atoms with E-state index < -0.39 is 18.9 Å². The van der Waals surface area contributed by atoms with Gasteiger partial charge in [0.15, 0.2) is 8.32 Å². The Morgan fingerprint density at radius 3 is 2.44 bits per heavy atom. The third kappa shape index (κ3) is 4.60. The van der Waals surface area contributed by atoms with Crippen LogP contribution in [0.15, 0.2) is 23.0 Å². The molecule has 0 aliphatic rings. The van der Waals surface area contributed by atoms with Crippen LogP contribution >= 0.6 is 0 Å². The monoisotopic (exact) mass is 395 g/mol. The molecule has 0 saturated heterocycles. The molecule has 0 amide bonds. The van der Waals surface area contributed by atoms with E-state index in [2.05, 4.69) is 44.2 Å². The minimum Gasteiger partial charge on any atom is -0.489 e. The van der Waals surface area contributed by atoms with Crippen LogP contribution in [0.3, 0.4) is 0 Å². The zero-order chi connectivity index (χ0) is 20.4. The Balaban J connectivity index is 2.21. The highest BCUT2D eigenvalue weighted by Gasteiger charge is 2.36. The van der Waals surface area contributed by atoms with Crippen LogP contribution in [-0.2, 0) is 11.5 Å². The quantitative estimate of drug-likeness (QED) is 0.306. The molecule has 0 bridgehead atoms. The van der Waals surface area contributed by atoms with Gasteiger partial charge in [-0.1, -0.05) is 25.9 Å². The number of hydrogen-bond acceptors (Lipinski definition) is 7. The van der Waals surface area contributed by atoms with Gasteiger partial charge in [0.1, 0.15) is 18.0 Å². The fourth-order valence-corrected chi connectivity index (χ4v) is 3.09. The van der Waals surface area contributed by atoms with Crippen molar-refractivity contribution in [3.05, 3.63) is 38.8 Å². The Hall–Kier alpha value is -2.53. The highest BCUT2D eigenvalue weighted by Crippen LogP contribution is 2.36. The van der Waals surface area contributed by atoms with Crippen molar-refractivity contribution in [1.29, 1.82) is 0 Å². The van der Waals surface area contributed by atoms with E-state index in [-0.39, 0.29) is 23.0 Å². The van der Waals surface area contributed by atoms with Gasteiger partial charge in [-0.15, -0.1) is 4.80 Å². The Morgan fingerprint density at radius 2 is 1.93 bits per heavy atom. The Bertz CT molecular complexity index is 884. The average Bonchev–Trinajstić information content (AvgIpc) is 2.90. The molecule has 0 N–H and O–H groups in total. The van der Waals surface area contributed by atoms with Gasteiger partial charge >= 0.3 is 5.69 Å². The molecule has 0 fully saturated rings. The van der Waals surface area contributed by atoms with Crippen molar-refractivity contribution in [1.82, 2.24) is 19.8 Å². The lowest BCUT2D eigenvalue weighted by Crippen LogP contribution is -2.41. The van der Waals surface area contributed by atoms with Gasteiger partial charge in [0, 0.05) is 19.2 Å². The van der Waals surface area contributed by atoms with Crippen molar-refractivity contribution in [2.24, 2.45) is 7.05 Å². The second kappa shape index (κ2) is 7.60. The van der Waals surface area contributed by atoms with E-state index in [9.17, 15) is 14.9 Å². The number of hydrogen-bond donors (Lipinski definition) is 0. The fourth-order valence-electron chi connectivity index (χ4n) is 2.06. The van der Waals surface area contributed by atoms with Gasteiger partial charge < -0.3 is 9.16 Å². The molecule has 0 saturated carbocycles. The topological polar surface area (TPSA) is 114 Å². The number of benzene rings is 1. The summed E-state index contributed by atoms with van der Waals surface area (Å²) in [6.07, 6.45) is 0. The van der Waals surface area contributed by atoms with Crippen LogP contribution in [-0.4, -0.2) is 46.2 Å². The lowest BCUT2D eigenvalue weighted by molar-refractivity contribution is -0.384. The molecule has 2 rings (SSSR count). The van der Waals surface area contributed by atoms with E-state index in [4.69, 9.17) is 9.16 Å². The number of nitro groups is 1. The fraction of sp³-hybridized carbons (Fsp3) is 0.562. The highest BCUT2D eigenvalue weighted by molar-refractivity contribution is 6.74. The minimum absolute atomic E-state index is 0.0878. The molecule has 0 atom stereocenters. The molecular formula is C16H25N5O5Si. The number of non-ortho nitro benzene ring substituents is 1. The summed E-state index contributed by atoms with van der Waals surface area (Å²) in [6.45, 7) is 11.4. The van der Waals surface area contributed by atoms with Crippen molar-refractivity contribution in [3.63, 3.8) is 0 Å². The molecule has 1 aromatic carbocycles. The lowest BCUT2D eigenvalue weighted by Gasteiger charge is -2.36. The van der Waals surface area contributed by atoms with Crippen molar-refractivity contribution in [3.8, 4) is 11.4 Å². The molecule has 10 nitrogen and oxygen atoms in total. The molecule has 0 aliphatic carbocycles. The van der Waals surface area contributed by atoms with Crippen LogP contribution in [0, 0.1) is 10.1 Å². The molecule has 2 aromatic rings. The molecule has 11 heteroatoms. The zero-order valence-electron chi connectivity index (χ0n) is 16.4. The summed E-state index contributed by atoms with van der Waals surface area (Å²) in [5, 5.41) is 18.4. The summed E-state index contributed by atoms with van der Waals surface area (Å²) >= 11 is 0. The van der Waals surface area contributed by atoms with Crippen LogP contribution in [0.25, 0.3) is 5.69 Å². The first kappa shape index (κ1) is 20.8. The Kier molecular flexibility index (Phi) is 5.85. The van der Waals surface area contributed by atoms with E-state index in [0.717, 1.165) is 4.68 Å². The third-order valence-electron chi connectivity index (χ3n) is 4.75. The van der Waals surface area contributed by atoms with Crippen LogP contribution in [0.1, 0.15) is 20.8 Å². The lowest BCUT2D eigenvalue weighted by atomic mass is 10.2. The predicted octanol–water partition coefficient (Wildman–Crippen LogP) is 2.27. The van der Waals surface area contributed by atoms with Gasteiger partial charge in [-0.3, -0.25) is 10.1 Å². The average molecular weight is 395 g/mol. The minimum atomic E-state index is -1.89. The number of tetrazole rings is 1. The smallest absolute Gasteiger partial charge is 0.383 e. The maximum Gasteiger partial charge on any atom is 0.383 e. The molecule has 148 valence electrons. The summed E-state index contributed by atoms with van der Waals surface area (Å²) < 4.78 is 13.0. The molecule has 27 heavy (non-hydrogen) atoms. The standard InChI is InChI=1S/C16H25N5O5Si/c1-16(2,3)27(5,6)26-10-9-25-14-8-7-12(21(23)24)11-13(14)20-18-17-15(22)19(20)4/h7-8,11H,9-10H2,1-6H3. The van der Waals surface area contributed by atoms with Crippen LogP contribution in [0.4, 0.5) is 5.69 Å². The first-order chi connectivity index (χ1) is 12.4. The van der Waals surface area contributed by atoms with E-state index >= 15 is 0 Å². The van der Waals surface area contributed by atoms with Crippen molar-refractivity contribution in [2.45, 2.75) is 38.9 Å². The molecule has 1 aromatic heterocycles. The molecule has 0 unspecified atom stereocenters. The summed E-state index contributed by atoms with van der Waals surface area (Å²) in [4.78, 5) is 23.3. The van der Waals surface area contributed by atoms with E-state index in [1.54, 1.807) is 0 Å². The molecule has 0 spiro atoms. The number of rotatable bonds is 7. The van der Waals surface area contributed by atoms with Crippen molar-refractivity contribution in [2.75, 3.05) is 13.2 Å². The zero-order valence-corrected chi connectivity index (χ0v) is 17.4. The van der Waals surface area contributed by atoms with Gasteiger partial charge in [-0.2, -0.15) is 0 Å². The van der Waals surface area contributed by atoms with E-state index in [1.165, 1.54) is 30.0 Å². The number of aromatic nitrogens is 4. The maximum atomic E-state index is 11.6. The van der Waals surface area contributed by atoms with Crippen molar-refractivity contribution < 1.29 is 14.1 Å². The second-order valence-electron chi connectivity index (χ2n) is 7.65. The predicted molar refractivity (Wildman–Crippen MR) is 102 cm³/mol. The second-order valence-corrected chi connectivity index (χ2v) is 12.5. The summed E-state index contributed by atoms with van der Waals surface area (Å²) in [6, 6.07) is 4.10. The number of ether oxygens (including phenoxy) is 1. The summed E-state index contributed by atoms with van der Waals surface area (Å²) in [5.41, 5.74) is -0.458.